The number of methoxy groups -OCH3 is 1. The fraction of sp³-hybridized carbons (Fsp3) is 0.556. The highest BCUT2D eigenvalue weighted by Crippen LogP contribution is 2.31. The first-order chi connectivity index (χ1) is 7.11. The Morgan fingerprint density at radius 3 is 2.47 bits per heavy atom. The number of halogens is 2. The minimum absolute atomic E-state index is 0.00815. The van der Waals surface area contributed by atoms with Gasteiger partial charge in [0.05, 0.1) is 6.10 Å². The summed E-state index contributed by atoms with van der Waals surface area (Å²) >= 11 is 11.8. The van der Waals surface area contributed by atoms with Crippen LogP contribution < -0.4 is 0 Å². The Balaban J connectivity index is 3.15. The van der Waals surface area contributed by atoms with Gasteiger partial charge in [0.1, 0.15) is 0 Å². The molecule has 0 spiro atoms. The summed E-state index contributed by atoms with van der Waals surface area (Å²) in [6, 6.07) is 0. The van der Waals surface area contributed by atoms with Crippen LogP contribution in [0.15, 0.2) is 0 Å². The summed E-state index contributed by atoms with van der Waals surface area (Å²) < 4.78 is 5.22. The van der Waals surface area contributed by atoms with E-state index in [0.29, 0.717) is 17.1 Å². The Morgan fingerprint density at radius 2 is 1.93 bits per heavy atom. The quantitative estimate of drug-likeness (QED) is 0.890. The molecule has 0 aliphatic rings. The number of ether oxygens (including phenoxy) is 1. The van der Waals surface area contributed by atoms with E-state index in [2.05, 4.69) is 10.2 Å². The molecule has 0 saturated carbocycles. The van der Waals surface area contributed by atoms with Crippen molar-refractivity contribution in [2.75, 3.05) is 13.7 Å². The third-order valence-electron chi connectivity index (χ3n) is 2.16. The lowest BCUT2D eigenvalue weighted by molar-refractivity contribution is 0.0768. The molecule has 1 aromatic heterocycles. The third kappa shape index (κ3) is 2.78. The van der Waals surface area contributed by atoms with Crippen molar-refractivity contribution in [2.24, 2.45) is 0 Å². The van der Waals surface area contributed by atoms with Crippen molar-refractivity contribution in [3.63, 3.8) is 0 Å². The monoisotopic (exact) mass is 250 g/mol. The van der Waals surface area contributed by atoms with E-state index in [1.165, 1.54) is 0 Å². The van der Waals surface area contributed by atoms with Crippen molar-refractivity contribution in [3.05, 3.63) is 21.4 Å². The van der Waals surface area contributed by atoms with E-state index in [4.69, 9.17) is 33.0 Å². The smallest absolute Gasteiger partial charge is 0.157 e. The summed E-state index contributed by atoms with van der Waals surface area (Å²) in [7, 11) is 1.55. The molecule has 1 unspecified atom stereocenters. The first-order valence-corrected chi connectivity index (χ1v) is 5.19. The number of nitrogens with zero attached hydrogens (tertiary/aromatic N) is 2. The molecule has 1 rings (SSSR count). The van der Waals surface area contributed by atoms with Gasteiger partial charge in [0.25, 0.3) is 0 Å². The molecule has 0 fully saturated rings. The highest BCUT2D eigenvalue weighted by atomic mass is 35.5. The Labute approximate surface area is 98.2 Å². The molecule has 0 amide bonds. The fourth-order valence-electron chi connectivity index (χ4n) is 1.35. The second-order valence-electron chi connectivity index (χ2n) is 3.06. The van der Waals surface area contributed by atoms with E-state index in [1.54, 1.807) is 14.0 Å². The van der Waals surface area contributed by atoms with E-state index < -0.39 is 0 Å². The van der Waals surface area contributed by atoms with Gasteiger partial charge in [-0.2, -0.15) is 0 Å². The van der Waals surface area contributed by atoms with Gasteiger partial charge in [-0.3, -0.25) is 0 Å². The molecular formula is C9H12Cl2N2O2. The molecule has 0 aliphatic heterocycles. The third-order valence-corrected chi connectivity index (χ3v) is 2.80. The van der Waals surface area contributed by atoms with Crippen LogP contribution in [-0.4, -0.2) is 29.0 Å². The van der Waals surface area contributed by atoms with Gasteiger partial charge in [-0.05, 0) is 12.5 Å². The highest BCUT2D eigenvalue weighted by Gasteiger charge is 2.19. The summed E-state index contributed by atoms with van der Waals surface area (Å²) in [4.78, 5) is 0. The first-order valence-electron chi connectivity index (χ1n) is 4.43. The lowest BCUT2D eigenvalue weighted by Gasteiger charge is -2.17. The van der Waals surface area contributed by atoms with Crippen LogP contribution in [0, 0.1) is 6.92 Å². The molecule has 84 valence electrons. The molecule has 0 bridgehead atoms. The Hall–Kier alpha value is -0.420. The number of hydrogen-bond acceptors (Lipinski definition) is 4. The molecule has 15 heavy (non-hydrogen) atoms. The van der Waals surface area contributed by atoms with E-state index in [9.17, 15) is 0 Å². The summed E-state index contributed by atoms with van der Waals surface area (Å²) in [6.45, 7) is 1.80. The summed E-state index contributed by atoms with van der Waals surface area (Å²) in [5, 5.41) is 16.8. The van der Waals surface area contributed by atoms with Crippen LogP contribution in [-0.2, 0) is 4.74 Å². The summed E-state index contributed by atoms with van der Waals surface area (Å²) in [5.41, 5.74) is 1.42. The molecule has 1 N–H and O–H groups in total. The van der Waals surface area contributed by atoms with Crippen molar-refractivity contribution in [1.82, 2.24) is 10.2 Å². The number of hydrogen-bond donors (Lipinski definition) is 1. The fourth-order valence-corrected chi connectivity index (χ4v) is 1.79. The maximum Gasteiger partial charge on any atom is 0.157 e. The summed E-state index contributed by atoms with van der Waals surface area (Å²) in [5.74, 6) is 0. The lowest BCUT2D eigenvalue weighted by Crippen LogP contribution is -2.09. The van der Waals surface area contributed by atoms with Crippen LogP contribution in [0.25, 0.3) is 0 Å². The van der Waals surface area contributed by atoms with Crippen LogP contribution in [0.4, 0.5) is 0 Å². The molecule has 0 radical (unpaired) electrons. The number of aliphatic hydroxyl groups excluding tert-OH is 1. The normalized spacial score (nSPS) is 12.9. The molecule has 6 heteroatoms. The average molecular weight is 251 g/mol. The van der Waals surface area contributed by atoms with Gasteiger partial charge >= 0.3 is 0 Å². The number of aliphatic hydroxyl groups is 1. The zero-order chi connectivity index (χ0) is 11.4. The van der Waals surface area contributed by atoms with E-state index >= 15 is 0 Å². The molecular weight excluding hydrogens is 239 g/mol. The van der Waals surface area contributed by atoms with Crippen molar-refractivity contribution >= 4 is 23.2 Å². The van der Waals surface area contributed by atoms with Crippen molar-refractivity contribution in [2.45, 2.75) is 19.4 Å². The van der Waals surface area contributed by atoms with Gasteiger partial charge in [0, 0.05) is 25.7 Å². The van der Waals surface area contributed by atoms with E-state index in [-0.39, 0.29) is 17.9 Å². The number of aromatic nitrogens is 2. The maximum atomic E-state index is 8.89. The van der Waals surface area contributed by atoms with Gasteiger partial charge < -0.3 is 9.84 Å². The Kier molecular flexibility index (Phi) is 4.73. The van der Waals surface area contributed by atoms with Crippen molar-refractivity contribution < 1.29 is 9.84 Å². The first kappa shape index (κ1) is 12.6. The van der Waals surface area contributed by atoms with Gasteiger partial charge in [0.15, 0.2) is 10.3 Å². The van der Waals surface area contributed by atoms with Gasteiger partial charge in [0.2, 0.25) is 0 Å². The SMILES string of the molecule is COC(CCO)c1c(Cl)nnc(Cl)c1C. The summed E-state index contributed by atoms with van der Waals surface area (Å²) in [6.07, 6.45) is 0.134. The van der Waals surface area contributed by atoms with Gasteiger partial charge in [-0.15, -0.1) is 10.2 Å². The molecule has 0 aliphatic carbocycles. The minimum atomic E-state index is -0.310. The Morgan fingerprint density at radius 1 is 1.33 bits per heavy atom. The average Bonchev–Trinajstić information content (AvgIpc) is 2.22. The predicted molar refractivity (Wildman–Crippen MR) is 58.2 cm³/mol. The van der Waals surface area contributed by atoms with Crippen molar-refractivity contribution in [3.8, 4) is 0 Å². The second-order valence-corrected chi connectivity index (χ2v) is 3.77. The highest BCUT2D eigenvalue weighted by molar-refractivity contribution is 6.32. The minimum Gasteiger partial charge on any atom is -0.396 e. The van der Waals surface area contributed by atoms with Crippen LogP contribution in [0.1, 0.15) is 23.7 Å². The van der Waals surface area contributed by atoms with Crippen LogP contribution in [0.2, 0.25) is 10.3 Å². The largest absolute Gasteiger partial charge is 0.396 e. The molecule has 0 aromatic carbocycles. The topological polar surface area (TPSA) is 55.2 Å². The van der Waals surface area contributed by atoms with Gasteiger partial charge in [-0.25, -0.2) is 0 Å². The van der Waals surface area contributed by atoms with Crippen LogP contribution >= 0.6 is 23.2 Å². The molecule has 1 atom stereocenters. The van der Waals surface area contributed by atoms with Crippen molar-refractivity contribution in [1.29, 1.82) is 0 Å². The standard InChI is InChI=1S/C9H12Cl2N2O2/c1-5-7(6(15-2)3-4-14)9(11)13-12-8(5)10/h6,14H,3-4H2,1-2H3. The lowest BCUT2D eigenvalue weighted by atomic mass is 10.1. The molecule has 0 saturated heterocycles. The molecule has 1 aromatic rings. The van der Waals surface area contributed by atoms with Crippen LogP contribution in [0.3, 0.4) is 0 Å². The van der Waals surface area contributed by atoms with E-state index in [0.717, 1.165) is 5.56 Å². The number of rotatable bonds is 4. The maximum absolute atomic E-state index is 8.89. The van der Waals surface area contributed by atoms with Gasteiger partial charge in [-0.1, -0.05) is 23.2 Å². The Bertz CT molecular complexity index is 347. The molecule has 1 heterocycles. The van der Waals surface area contributed by atoms with E-state index in [1.807, 2.05) is 0 Å². The zero-order valence-electron chi connectivity index (χ0n) is 8.50. The predicted octanol–water partition coefficient (Wildman–Crippen LogP) is 2.16. The second kappa shape index (κ2) is 5.61. The van der Waals surface area contributed by atoms with Crippen LogP contribution in [0.5, 0.6) is 0 Å². The molecule has 4 nitrogen and oxygen atoms in total. The zero-order valence-corrected chi connectivity index (χ0v) is 10.0.